The lowest BCUT2D eigenvalue weighted by molar-refractivity contribution is 0.385. The summed E-state index contributed by atoms with van der Waals surface area (Å²) in [5, 5.41) is 0. The van der Waals surface area contributed by atoms with Gasteiger partial charge in [0.25, 0.3) is 0 Å². The highest BCUT2D eigenvalue weighted by Crippen LogP contribution is 2.13. The Balaban J connectivity index is 4.77. The lowest BCUT2D eigenvalue weighted by Crippen LogP contribution is -2.71. The average molecular weight is 210 g/mol. The zero-order chi connectivity index (χ0) is 9.94. The fourth-order valence-electron chi connectivity index (χ4n) is 1.56. The van der Waals surface area contributed by atoms with Gasteiger partial charge in [0.1, 0.15) is 0 Å². The number of alkyl halides is 1. The van der Waals surface area contributed by atoms with Crippen LogP contribution in [0.1, 0.15) is 0 Å². The number of hydrogen-bond acceptors (Lipinski definition) is 3. The quantitative estimate of drug-likeness (QED) is 0.490. The normalized spacial score (nSPS) is 13.5. The van der Waals surface area contributed by atoms with Crippen LogP contribution in [0.4, 0.5) is 0 Å². The van der Waals surface area contributed by atoms with Crippen molar-refractivity contribution in [1.29, 1.82) is 0 Å². The molecule has 0 bridgehead atoms. The molecule has 0 N–H and O–H groups in total. The van der Waals surface area contributed by atoms with Gasteiger partial charge in [-0.3, -0.25) is 0 Å². The number of hydrogen-bond donors (Lipinski definition) is 0. The van der Waals surface area contributed by atoms with E-state index in [4.69, 9.17) is 11.6 Å². The van der Waals surface area contributed by atoms with E-state index < -0.39 is 8.56 Å². The van der Waals surface area contributed by atoms with Gasteiger partial charge in [0, 0.05) is 0 Å². The molecule has 0 aromatic rings. The second-order valence-electron chi connectivity index (χ2n) is 3.59. The summed E-state index contributed by atoms with van der Waals surface area (Å²) in [6.07, 6.45) is 0. The first kappa shape index (κ1) is 12.4. The summed E-state index contributed by atoms with van der Waals surface area (Å²) in [6, 6.07) is 0. The van der Waals surface area contributed by atoms with Crippen LogP contribution in [-0.2, 0) is 0 Å². The van der Waals surface area contributed by atoms with E-state index in [2.05, 4.69) is 56.0 Å². The van der Waals surface area contributed by atoms with Crippen molar-refractivity contribution in [3.05, 3.63) is 0 Å². The monoisotopic (exact) mass is 209 g/mol. The molecule has 0 saturated heterocycles. The van der Waals surface area contributed by atoms with Crippen molar-refractivity contribution in [2.75, 3.05) is 47.8 Å². The summed E-state index contributed by atoms with van der Waals surface area (Å²) >= 11 is 6.05. The molecule has 0 aliphatic heterocycles. The van der Waals surface area contributed by atoms with Gasteiger partial charge in [-0.05, 0) is 42.3 Å². The first-order chi connectivity index (χ1) is 5.39. The molecular formula is C7H20ClN3Si. The second-order valence-corrected chi connectivity index (χ2v) is 8.89. The fraction of sp³-hybridized carbons (Fsp3) is 1.00. The number of nitrogens with zero attached hydrogens (tertiary/aromatic N) is 3. The molecule has 0 heterocycles. The summed E-state index contributed by atoms with van der Waals surface area (Å²) in [6.45, 7) is 0. The molecule has 0 aromatic carbocycles. The van der Waals surface area contributed by atoms with Crippen molar-refractivity contribution in [2.45, 2.75) is 0 Å². The maximum Gasteiger partial charge on any atom is 0.303 e. The molecule has 5 heteroatoms. The highest BCUT2D eigenvalue weighted by Gasteiger charge is 2.41. The summed E-state index contributed by atoms with van der Waals surface area (Å²) < 4.78 is 6.75. The van der Waals surface area contributed by atoms with Gasteiger partial charge < -0.3 is 13.7 Å². The summed E-state index contributed by atoms with van der Waals surface area (Å²) in [4.78, 5) is 0. The predicted molar refractivity (Wildman–Crippen MR) is 57.5 cm³/mol. The van der Waals surface area contributed by atoms with Crippen LogP contribution < -0.4 is 0 Å². The number of halogens is 1. The van der Waals surface area contributed by atoms with Crippen molar-refractivity contribution in [2.24, 2.45) is 0 Å². The molecule has 0 aliphatic carbocycles. The van der Waals surface area contributed by atoms with E-state index in [1.807, 2.05) is 0 Å². The van der Waals surface area contributed by atoms with Crippen LogP contribution in [0, 0.1) is 0 Å². The Morgan fingerprint density at radius 2 is 1.08 bits per heavy atom. The van der Waals surface area contributed by atoms with Crippen molar-refractivity contribution in [3.63, 3.8) is 0 Å². The van der Waals surface area contributed by atoms with Crippen LogP contribution in [-0.4, -0.2) is 70.0 Å². The predicted octanol–water partition coefficient (Wildman–Crippen LogP) is 0.388. The smallest absolute Gasteiger partial charge is 0.303 e. The Kier molecular flexibility index (Phi) is 4.72. The molecule has 0 atom stereocenters. The molecule has 3 nitrogen and oxygen atoms in total. The molecule has 12 heavy (non-hydrogen) atoms. The molecular weight excluding hydrogens is 190 g/mol. The molecule has 0 spiro atoms. The highest BCUT2D eigenvalue weighted by molar-refractivity contribution is 6.77. The third-order valence-corrected chi connectivity index (χ3v) is 8.06. The van der Waals surface area contributed by atoms with Crippen LogP contribution >= 0.6 is 11.6 Å². The van der Waals surface area contributed by atoms with E-state index in [0.717, 1.165) is 0 Å². The third kappa shape index (κ3) is 2.00. The van der Waals surface area contributed by atoms with Crippen molar-refractivity contribution in [3.8, 4) is 0 Å². The van der Waals surface area contributed by atoms with Gasteiger partial charge in [-0.1, -0.05) is 0 Å². The largest absolute Gasteiger partial charge is 0.304 e. The first-order valence-corrected chi connectivity index (χ1v) is 6.56. The SMILES string of the molecule is CN(C)[Si](CCl)(N(C)C)N(C)C. The molecule has 0 amide bonds. The maximum atomic E-state index is 6.05. The van der Waals surface area contributed by atoms with Gasteiger partial charge in [-0.15, -0.1) is 11.6 Å². The van der Waals surface area contributed by atoms with Gasteiger partial charge in [0.05, 0.1) is 5.50 Å². The fourth-order valence-corrected chi connectivity index (χ4v) is 6.83. The summed E-state index contributed by atoms with van der Waals surface area (Å²) in [5.41, 5.74) is 0.694. The van der Waals surface area contributed by atoms with Crippen LogP contribution in [0.15, 0.2) is 0 Å². The maximum absolute atomic E-state index is 6.05. The minimum Gasteiger partial charge on any atom is -0.304 e. The van der Waals surface area contributed by atoms with Gasteiger partial charge in [0.15, 0.2) is 0 Å². The zero-order valence-electron chi connectivity index (χ0n) is 8.93. The van der Waals surface area contributed by atoms with Crippen LogP contribution in [0.2, 0.25) is 0 Å². The average Bonchev–Trinajstić information content (AvgIpc) is 1.86. The summed E-state index contributed by atoms with van der Waals surface area (Å²) in [7, 11) is 10.8. The molecule has 0 radical (unpaired) electrons. The molecule has 0 saturated carbocycles. The van der Waals surface area contributed by atoms with Crippen LogP contribution in [0.25, 0.3) is 0 Å². The highest BCUT2D eigenvalue weighted by atomic mass is 35.5. The van der Waals surface area contributed by atoms with Gasteiger partial charge in [0.2, 0.25) is 0 Å². The van der Waals surface area contributed by atoms with E-state index in [-0.39, 0.29) is 0 Å². The Morgan fingerprint density at radius 3 is 1.08 bits per heavy atom. The lowest BCUT2D eigenvalue weighted by atomic mass is 11.2. The van der Waals surface area contributed by atoms with Crippen molar-refractivity contribution >= 4 is 20.2 Å². The summed E-state index contributed by atoms with van der Waals surface area (Å²) in [5.74, 6) is 0. The third-order valence-electron chi connectivity index (χ3n) is 2.33. The standard InChI is InChI=1S/C7H20ClN3Si/c1-9(2)12(7-8,10(3)4)11(5)6/h7H2,1-6H3. The van der Waals surface area contributed by atoms with Crippen molar-refractivity contribution < 1.29 is 0 Å². The molecule has 0 fully saturated rings. The number of rotatable bonds is 4. The van der Waals surface area contributed by atoms with E-state index in [9.17, 15) is 0 Å². The van der Waals surface area contributed by atoms with Crippen LogP contribution in [0.3, 0.4) is 0 Å². The Labute approximate surface area is 82.1 Å². The van der Waals surface area contributed by atoms with Crippen molar-refractivity contribution in [1.82, 2.24) is 13.7 Å². The Morgan fingerprint density at radius 1 is 0.833 bits per heavy atom. The van der Waals surface area contributed by atoms with E-state index in [1.54, 1.807) is 0 Å². The molecule has 0 aromatic heterocycles. The van der Waals surface area contributed by atoms with Crippen LogP contribution in [0.5, 0.6) is 0 Å². The van der Waals surface area contributed by atoms with Gasteiger partial charge in [-0.2, -0.15) is 0 Å². The topological polar surface area (TPSA) is 9.72 Å². The molecule has 74 valence electrons. The molecule has 0 aliphatic rings. The minimum atomic E-state index is -1.74. The Hall–Kier alpha value is 0.387. The Bertz CT molecular complexity index is 117. The second kappa shape index (κ2) is 4.57. The van der Waals surface area contributed by atoms with Gasteiger partial charge in [-0.25, -0.2) is 0 Å². The lowest BCUT2D eigenvalue weighted by Gasteiger charge is -2.45. The van der Waals surface area contributed by atoms with E-state index in [0.29, 0.717) is 5.50 Å². The van der Waals surface area contributed by atoms with E-state index >= 15 is 0 Å². The first-order valence-electron chi connectivity index (χ1n) is 3.97. The molecule has 0 unspecified atom stereocenters. The zero-order valence-corrected chi connectivity index (χ0v) is 10.7. The molecule has 0 rings (SSSR count). The minimum absolute atomic E-state index is 0.694. The van der Waals surface area contributed by atoms with E-state index in [1.165, 1.54) is 0 Å². The van der Waals surface area contributed by atoms with Gasteiger partial charge >= 0.3 is 8.56 Å².